The molecule has 2 aliphatic rings. The molecule has 118 valence electrons. The van der Waals surface area contributed by atoms with E-state index < -0.39 is 0 Å². The second kappa shape index (κ2) is 5.46. The first-order valence-electron chi connectivity index (χ1n) is 8.67. The normalized spacial score (nSPS) is 35.5. The fourth-order valence-corrected chi connectivity index (χ4v) is 4.70. The Balaban J connectivity index is 1.78. The maximum absolute atomic E-state index is 5.96. The van der Waals surface area contributed by atoms with E-state index >= 15 is 0 Å². The van der Waals surface area contributed by atoms with E-state index in [1.54, 1.807) is 0 Å². The topological polar surface area (TPSA) is 25.2 Å². The van der Waals surface area contributed by atoms with Crippen LogP contribution in [0.4, 0.5) is 0 Å². The van der Waals surface area contributed by atoms with Gasteiger partial charge in [-0.25, -0.2) is 0 Å². The lowest BCUT2D eigenvalue weighted by molar-refractivity contribution is 0.184. The first kappa shape index (κ1) is 15.1. The molecule has 0 aromatic carbocycles. The van der Waals surface area contributed by atoms with Crippen molar-refractivity contribution in [1.82, 2.24) is 5.32 Å². The van der Waals surface area contributed by atoms with Gasteiger partial charge in [-0.15, -0.1) is 0 Å². The van der Waals surface area contributed by atoms with Gasteiger partial charge in [0.1, 0.15) is 11.5 Å². The molecule has 0 bridgehead atoms. The molecule has 1 N–H and O–H groups in total. The number of furan rings is 1. The Kier molecular flexibility index (Phi) is 3.94. The molecule has 1 fully saturated rings. The van der Waals surface area contributed by atoms with Gasteiger partial charge in [-0.1, -0.05) is 27.7 Å². The minimum absolute atomic E-state index is 0.334. The van der Waals surface area contributed by atoms with E-state index in [1.807, 2.05) is 0 Å². The number of fused-ring (bicyclic) bond motifs is 1. The molecule has 1 aromatic rings. The van der Waals surface area contributed by atoms with Crippen LogP contribution in [-0.2, 0) is 6.42 Å². The van der Waals surface area contributed by atoms with Crippen molar-refractivity contribution in [3.8, 4) is 0 Å². The third-order valence-corrected chi connectivity index (χ3v) is 5.35. The van der Waals surface area contributed by atoms with Crippen LogP contribution in [0, 0.1) is 24.2 Å². The predicted octanol–water partition coefficient (Wildman–Crippen LogP) is 5.02. The van der Waals surface area contributed by atoms with E-state index in [0.717, 1.165) is 24.0 Å². The third-order valence-electron chi connectivity index (χ3n) is 5.35. The zero-order chi connectivity index (χ0) is 15.2. The van der Waals surface area contributed by atoms with Crippen molar-refractivity contribution in [2.45, 2.75) is 78.8 Å². The summed E-state index contributed by atoms with van der Waals surface area (Å²) in [7, 11) is 0. The summed E-state index contributed by atoms with van der Waals surface area (Å²) in [5.41, 5.74) is 1.76. The van der Waals surface area contributed by atoms with Crippen molar-refractivity contribution < 1.29 is 4.42 Å². The van der Waals surface area contributed by atoms with E-state index in [4.69, 9.17) is 4.42 Å². The molecule has 0 radical (unpaired) electrons. The van der Waals surface area contributed by atoms with Crippen molar-refractivity contribution in [2.24, 2.45) is 17.3 Å². The Morgan fingerprint density at radius 1 is 1.14 bits per heavy atom. The molecule has 2 nitrogen and oxygen atoms in total. The van der Waals surface area contributed by atoms with E-state index in [9.17, 15) is 0 Å². The van der Waals surface area contributed by atoms with Crippen LogP contribution in [-0.4, -0.2) is 6.04 Å². The van der Waals surface area contributed by atoms with Crippen molar-refractivity contribution in [1.29, 1.82) is 0 Å². The monoisotopic (exact) mass is 289 g/mol. The van der Waals surface area contributed by atoms with Gasteiger partial charge in [-0.2, -0.15) is 0 Å². The molecule has 21 heavy (non-hydrogen) atoms. The summed E-state index contributed by atoms with van der Waals surface area (Å²) in [6, 6.07) is 3.41. The van der Waals surface area contributed by atoms with Gasteiger partial charge in [0, 0.05) is 24.1 Å². The van der Waals surface area contributed by atoms with Gasteiger partial charge in [-0.05, 0) is 55.9 Å². The molecule has 1 heterocycles. The summed E-state index contributed by atoms with van der Waals surface area (Å²) >= 11 is 0. The van der Waals surface area contributed by atoms with E-state index in [2.05, 4.69) is 46.0 Å². The number of hydrogen-bond donors (Lipinski definition) is 1. The average molecular weight is 289 g/mol. The summed E-state index contributed by atoms with van der Waals surface area (Å²) < 4.78 is 5.96. The van der Waals surface area contributed by atoms with Crippen LogP contribution in [0.15, 0.2) is 10.5 Å². The Hall–Kier alpha value is -0.760. The highest BCUT2D eigenvalue weighted by Gasteiger charge is 2.36. The van der Waals surface area contributed by atoms with Crippen LogP contribution < -0.4 is 5.32 Å². The van der Waals surface area contributed by atoms with E-state index in [0.29, 0.717) is 17.5 Å². The highest BCUT2D eigenvalue weighted by atomic mass is 16.3. The largest absolute Gasteiger partial charge is 0.466 e. The molecule has 2 aliphatic carbocycles. The van der Waals surface area contributed by atoms with Crippen LogP contribution in [0.25, 0.3) is 0 Å². The molecule has 3 rings (SSSR count). The highest BCUT2D eigenvalue weighted by Crippen LogP contribution is 2.43. The number of rotatable bonds is 2. The molecule has 0 saturated heterocycles. The van der Waals surface area contributed by atoms with Gasteiger partial charge >= 0.3 is 0 Å². The molecular formula is C19H31NO. The van der Waals surface area contributed by atoms with Crippen molar-refractivity contribution >= 4 is 0 Å². The van der Waals surface area contributed by atoms with E-state index in [-0.39, 0.29) is 0 Å². The van der Waals surface area contributed by atoms with Crippen LogP contribution >= 0.6 is 0 Å². The molecule has 0 amide bonds. The lowest BCUT2D eigenvalue weighted by Crippen LogP contribution is -2.41. The molecule has 2 heteroatoms. The molecule has 1 saturated carbocycles. The maximum Gasteiger partial charge on any atom is 0.109 e. The fourth-order valence-electron chi connectivity index (χ4n) is 4.70. The SMILES string of the molecule is Cc1cc2c(o1)CC(C)(C)CC2NC1CC(C)CC(C)C1. The first-order valence-corrected chi connectivity index (χ1v) is 8.67. The van der Waals surface area contributed by atoms with Crippen LogP contribution in [0.2, 0.25) is 0 Å². The number of hydrogen-bond acceptors (Lipinski definition) is 2. The molecule has 0 aliphatic heterocycles. The van der Waals surface area contributed by atoms with Crippen LogP contribution in [0.5, 0.6) is 0 Å². The third kappa shape index (κ3) is 3.36. The minimum atomic E-state index is 0.334. The second-order valence-corrected chi connectivity index (χ2v) is 8.61. The summed E-state index contributed by atoms with van der Waals surface area (Å²) in [5, 5.41) is 3.98. The number of nitrogens with one attached hydrogen (secondary N) is 1. The first-order chi connectivity index (χ1) is 9.82. The van der Waals surface area contributed by atoms with Gasteiger partial charge in [0.05, 0.1) is 0 Å². The Bertz CT molecular complexity index is 492. The van der Waals surface area contributed by atoms with Crippen LogP contribution in [0.3, 0.4) is 0 Å². The Morgan fingerprint density at radius 3 is 2.48 bits per heavy atom. The van der Waals surface area contributed by atoms with Crippen LogP contribution in [0.1, 0.15) is 76.5 Å². The van der Waals surface area contributed by atoms with Gasteiger partial charge < -0.3 is 9.73 Å². The predicted molar refractivity (Wildman–Crippen MR) is 87.4 cm³/mol. The summed E-state index contributed by atoms with van der Waals surface area (Å²) in [4.78, 5) is 0. The standard InChI is InChI=1S/C19H31NO/c1-12-6-13(2)8-15(7-12)20-17-10-19(4,5)11-18-16(17)9-14(3)21-18/h9,12-13,15,17,20H,6-8,10-11H2,1-5H3. The summed E-state index contributed by atoms with van der Waals surface area (Å²) in [6.07, 6.45) is 6.34. The Labute approximate surface area is 129 Å². The minimum Gasteiger partial charge on any atom is -0.466 e. The zero-order valence-electron chi connectivity index (χ0n) is 14.3. The molecule has 3 unspecified atom stereocenters. The highest BCUT2D eigenvalue weighted by molar-refractivity contribution is 5.29. The summed E-state index contributed by atoms with van der Waals surface area (Å²) in [6.45, 7) is 11.6. The quantitative estimate of drug-likeness (QED) is 0.827. The average Bonchev–Trinajstić information content (AvgIpc) is 2.66. The van der Waals surface area contributed by atoms with Crippen molar-refractivity contribution in [3.63, 3.8) is 0 Å². The van der Waals surface area contributed by atoms with Gasteiger partial charge in [0.15, 0.2) is 0 Å². The Morgan fingerprint density at radius 2 is 1.81 bits per heavy atom. The maximum atomic E-state index is 5.96. The van der Waals surface area contributed by atoms with Crippen molar-refractivity contribution in [3.05, 3.63) is 23.2 Å². The molecular weight excluding hydrogens is 258 g/mol. The molecule has 0 spiro atoms. The number of aryl methyl sites for hydroxylation is 1. The molecule has 3 atom stereocenters. The molecule has 1 aromatic heterocycles. The van der Waals surface area contributed by atoms with Crippen molar-refractivity contribution in [2.75, 3.05) is 0 Å². The lowest BCUT2D eigenvalue weighted by atomic mass is 9.73. The second-order valence-electron chi connectivity index (χ2n) is 8.61. The lowest BCUT2D eigenvalue weighted by Gasteiger charge is -2.39. The zero-order valence-corrected chi connectivity index (χ0v) is 14.3. The smallest absolute Gasteiger partial charge is 0.109 e. The van der Waals surface area contributed by atoms with Gasteiger partial charge in [0.2, 0.25) is 0 Å². The summed E-state index contributed by atoms with van der Waals surface area (Å²) in [5.74, 6) is 4.00. The fraction of sp³-hybridized carbons (Fsp3) is 0.789. The van der Waals surface area contributed by atoms with E-state index in [1.165, 1.54) is 37.0 Å². The van der Waals surface area contributed by atoms with Gasteiger partial charge in [-0.3, -0.25) is 0 Å². The van der Waals surface area contributed by atoms with Gasteiger partial charge in [0.25, 0.3) is 0 Å².